The van der Waals surface area contributed by atoms with Crippen molar-refractivity contribution in [3.05, 3.63) is 59.9 Å². The first-order chi connectivity index (χ1) is 10.8. The Morgan fingerprint density at radius 3 is 2.73 bits per heavy atom. The normalized spacial score (nSPS) is 18.7. The van der Waals surface area contributed by atoms with Gasteiger partial charge in [-0.15, -0.1) is 0 Å². The van der Waals surface area contributed by atoms with Gasteiger partial charge in [-0.1, -0.05) is 30.3 Å². The summed E-state index contributed by atoms with van der Waals surface area (Å²) in [5, 5.41) is 0. The number of rotatable bonds is 3. The summed E-state index contributed by atoms with van der Waals surface area (Å²) < 4.78 is 0. The molecule has 22 heavy (non-hydrogen) atoms. The SMILES string of the molecule is NC(=O)c1cnccc1N1CCCC(c2ccccc2)CC1. The Hall–Kier alpha value is -2.36. The minimum atomic E-state index is -0.410. The summed E-state index contributed by atoms with van der Waals surface area (Å²) in [6.07, 6.45) is 6.67. The third kappa shape index (κ3) is 3.11. The number of aromatic nitrogens is 1. The van der Waals surface area contributed by atoms with Crippen LogP contribution in [0.3, 0.4) is 0 Å². The lowest BCUT2D eigenvalue weighted by Crippen LogP contribution is -2.27. The highest BCUT2D eigenvalue weighted by Crippen LogP contribution is 2.30. The van der Waals surface area contributed by atoms with Gasteiger partial charge in [0, 0.05) is 25.5 Å². The zero-order valence-electron chi connectivity index (χ0n) is 12.6. The molecule has 1 fully saturated rings. The van der Waals surface area contributed by atoms with Crippen LogP contribution < -0.4 is 10.6 Å². The fourth-order valence-electron chi connectivity index (χ4n) is 3.25. The number of pyridine rings is 1. The number of anilines is 1. The molecule has 1 aromatic heterocycles. The average molecular weight is 295 g/mol. The smallest absolute Gasteiger partial charge is 0.252 e. The second kappa shape index (κ2) is 6.60. The predicted octanol–water partition coefficient (Wildman–Crippen LogP) is 2.95. The molecule has 2 aromatic rings. The first-order valence-electron chi connectivity index (χ1n) is 7.79. The molecule has 1 aliphatic rings. The summed E-state index contributed by atoms with van der Waals surface area (Å²) in [5.41, 5.74) is 8.31. The molecular weight excluding hydrogens is 274 g/mol. The molecule has 1 unspecified atom stereocenters. The number of benzene rings is 1. The van der Waals surface area contributed by atoms with E-state index < -0.39 is 5.91 Å². The van der Waals surface area contributed by atoms with Gasteiger partial charge in [-0.3, -0.25) is 9.78 Å². The third-order valence-corrected chi connectivity index (χ3v) is 4.40. The second-order valence-corrected chi connectivity index (χ2v) is 5.78. The van der Waals surface area contributed by atoms with Crippen LogP contribution in [0.2, 0.25) is 0 Å². The van der Waals surface area contributed by atoms with E-state index >= 15 is 0 Å². The predicted molar refractivity (Wildman–Crippen MR) is 88.0 cm³/mol. The molecule has 0 radical (unpaired) electrons. The zero-order valence-corrected chi connectivity index (χ0v) is 12.6. The van der Waals surface area contributed by atoms with E-state index in [1.54, 1.807) is 12.4 Å². The van der Waals surface area contributed by atoms with E-state index in [1.165, 1.54) is 12.0 Å². The van der Waals surface area contributed by atoms with Crippen molar-refractivity contribution in [2.75, 3.05) is 18.0 Å². The standard InChI is InChI=1S/C18H21N3O/c19-18(22)16-13-20-10-8-17(16)21-11-4-7-15(9-12-21)14-5-2-1-3-6-14/h1-3,5-6,8,10,13,15H,4,7,9,11-12H2,(H2,19,22). The molecule has 1 aromatic carbocycles. The number of carbonyl (C=O) groups is 1. The maximum absolute atomic E-state index is 11.6. The van der Waals surface area contributed by atoms with Crippen molar-refractivity contribution in [2.45, 2.75) is 25.2 Å². The van der Waals surface area contributed by atoms with Crippen LogP contribution in [-0.2, 0) is 0 Å². The lowest BCUT2D eigenvalue weighted by atomic mass is 9.92. The van der Waals surface area contributed by atoms with Gasteiger partial charge < -0.3 is 10.6 Å². The van der Waals surface area contributed by atoms with Crippen molar-refractivity contribution >= 4 is 11.6 Å². The van der Waals surface area contributed by atoms with Crippen LogP contribution in [0.4, 0.5) is 5.69 Å². The largest absolute Gasteiger partial charge is 0.371 e. The quantitative estimate of drug-likeness (QED) is 0.947. The van der Waals surface area contributed by atoms with Gasteiger partial charge in [0.15, 0.2) is 0 Å². The molecule has 2 N–H and O–H groups in total. The van der Waals surface area contributed by atoms with Crippen LogP contribution in [0.25, 0.3) is 0 Å². The maximum atomic E-state index is 11.6. The van der Waals surface area contributed by atoms with Crippen molar-refractivity contribution in [3.63, 3.8) is 0 Å². The van der Waals surface area contributed by atoms with Gasteiger partial charge in [0.1, 0.15) is 0 Å². The second-order valence-electron chi connectivity index (χ2n) is 5.78. The van der Waals surface area contributed by atoms with Crippen molar-refractivity contribution in [1.29, 1.82) is 0 Å². The molecule has 0 saturated carbocycles. The third-order valence-electron chi connectivity index (χ3n) is 4.40. The fraction of sp³-hybridized carbons (Fsp3) is 0.333. The van der Waals surface area contributed by atoms with Gasteiger partial charge in [-0.25, -0.2) is 0 Å². The van der Waals surface area contributed by atoms with E-state index in [0.29, 0.717) is 11.5 Å². The molecule has 1 atom stereocenters. The number of nitrogens with two attached hydrogens (primary N) is 1. The van der Waals surface area contributed by atoms with Gasteiger partial charge in [0.25, 0.3) is 5.91 Å². The molecule has 0 aliphatic carbocycles. The number of carbonyl (C=O) groups excluding carboxylic acids is 1. The first kappa shape index (κ1) is 14.6. The molecule has 1 aliphatic heterocycles. The van der Waals surface area contributed by atoms with Crippen molar-refractivity contribution in [2.24, 2.45) is 5.73 Å². The maximum Gasteiger partial charge on any atom is 0.252 e. The van der Waals surface area contributed by atoms with Crippen LogP contribution in [0, 0.1) is 0 Å². The molecule has 2 heterocycles. The van der Waals surface area contributed by atoms with Crippen molar-refractivity contribution in [1.82, 2.24) is 4.98 Å². The monoisotopic (exact) mass is 295 g/mol. The minimum Gasteiger partial charge on any atom is -0.371 e. The average Bonchev–Trinajstić information content (AvgIpc) is 2.81. The van der Waals surface area contributed by atoms with Gasteiger partial charge in [-0.2, -0.15) is 0 Å². The number of hydrogen-bond acceptors (Lipinski definition) is 3. The Morgan fingerprint density at radius 2 is 1.95 bits per heavy atom. The van der Waals surface area contributed by atoms with Gasteiger partial charge >= 0.3 is 0 Å². The van der Waals surface area contributed by atoms with Crippen LogP contribution in [0.1, 0.15) is 41.1 Å². The van der Waals surface area contributed by atoms with Crippen LogP contribution in [0.15, 0.2) is 48.8 Å². The van der Waals surface area contributed by atoms with E-state index in [9.17, 15) is 4.79 Å². The van der Waals surface area contributed by atoms with Crippen molar-refractivity contribution < 1.29 is 4.79 Å². The van der Waals surface area contributed by atoms with Gasteiger partial charge in [-0.05, 0) is 36.8 Å². The van der Waals surface area contributed by atoms with Crippen LogP contribution >= 0.6 is 0 Å². The Labute approximate surface area is 131 Å². The molecule has 0 bridgehead atoms. The lowest BCUT2D eigenvalue weighted by molar-refractivity contribution is 0.100. The van der Waals surface area contributed by atoms with Gasteiger partial charge in [0.2, 0.25) is 0 Å². The molecule has 0 spiro atoms. The molecule has 3 rings (SSSR count). The Morgan fingerprint density at radius 1 is 1.14 bits per heavy atom. The van der Waals surface area contributed by atoms with Gasteiger partial charge in [0.05, 0.1) is 11.3 Å². The van der Waals surface area contributed by atoms with Crippen LogP contribution in [0.5, 0.6) is 0 Å². The highest BCUT2D eigenvalue weighted by molar-refractivity contribution is 5.98. The summed E-state index contributed by atoms with van der Waals surface area (Å²) in [7, 11) is 0. The van der Waals surface area contributed by atoms with Crippen molar-refractivity contribution in [3.8, 4) is 0 Å². The highest BCUT2D eigenvalue weighted by atomic mass is 16.1. The number of amides is 1. The number of primary amides is 1. The van der Waals surface area contributed by atoms with Crippen LogP contribution in [-0.4, -0.2) is 24.0 Å². The Bertz CT molecular complexity index is 642. The molecule has 1 saturated heterocycles. The summed E-state index contributed by atoms with van der Waals surface area (Å²) in [6, 6.07) is 12.6. The lowest BCUT2D eigenvalue weighted by Gasteiger charge is -2.24. The highest BCUT2D eigenvalue weighted by Gasteiger charge is 2.21. The summed E-state index contributed by atoms with van der Waals surface area (Å²) in [5.74, 6) is 0.178. The first-order valence-corrected chi connectivity index (χ1v) is 7.79. The van der Waals surface area contributed by atoms with E-state index in [0.717, 1.165) is 31.6 Å². The molecule has 4 nitrogen and oxygen atoms in total. The summed E-state index contributed by atoms with van der Waals surface area (Å²) in [6.45, 7) is 1.89. The number of nitrogens with zero attached hydrogens (tertiary/aromatic N) is 2. The fourth-order valence-corrected chi connectivity index (χ4v) is 3.25. The summed E-state index contributed by atoms with van der Waals surface area (Å²) >= 11 is 0. The summed E-state index contributed by atoms with van der Waals surface area (Å²) in [4.78, 5) is 17.9. The van der Waals surface area contributed by atoms with E-state index in [4.69, 9.17) is 5.73 Å². The Kier molecular flexibility index (Phi) is 4.37. The number of hydrogen-bond donors (Lipinski definition) is 1. The van der Waals surface area contributed by atoms with E-state index in [1.807, 2.05) is 6.07 Å². The molecule has 1 amide bonds. The molecule has 114 valence electrons. The van der Waals surface area contributed by atoms with E-state index in [-0.39, 0.29) is 0 Å². The minimum absolute atomic E-state index is 0.410. The molecule has 4 heteroatoms. The zero-order chi connectivity index (χ0) is 15.4. The topological polar surface area (TPSA) is 59.2 Å². The Balaban J connectivity index is 1.77. The molecular formula is C18H21N3O. The van der Waals surface area contributed by atoms with E-state index in [2.05, 4.69) is 40.2 Å².